The molecule has 2 atom stereocenters. The Kier molecular flexibility index (Phi) is 5.68. The van der Waals surface area contributed by atoms with E-state index in [0.717, 1.165) is 23.9 Å². The summed E-state index contributed by atoms with van der Waals surface area (Å²) in [7, 11) is 0. The van der Waals surface area contributed by atoms with Crippen molar-refractivity contribution in [2.45, 2.75) is 38.6 Å². The minimum Gasteiger partial charge on any atom is -0.324 e. The van der Waals surface area contributed by atoms with Crippen LogP contribution in [0.3, 0.4) is 0 Å². The third kappa shape index (κ3) is 4.48. The molecule has 0 radical (unpaired) electrons. The van der Waals surface area contributed by atoms with E-state index >= 15 is 0 Å². The summed E-state index contributed by atoms with van der Waals surface area (Å²) in [4.78, 5) is 2.58. The van der Waals surface area contributed by atoms with Crippen molar-refractivity contribution >= 4 is 11.6 Å². The molecule has 1 aromatic rings. The van der Waals surface area contributed by atoms with E-state index in [0.29, 0.717) is 0 Å². The molecule has 2 rings (SSSR count). The highest BCUT2D eigenvalue weighted by atomic mass is 35.5. The van der Waals surface area contributed by atoms with E-state index < -0.39 is 0 Å². The maximum Gasteiger partial charge on any atom is 0.0406 e. The number of hydrogen-bond acceptors (Lipinski definition) is 2. The van der Waals surface area contributed by atoms with Crippen molar-refractivity contribution < 1.29 is 0 Å². The van der Waals surface area contributed by atoms with E-state index in [9.17, 15) is 0 Å². The lowest BCUT2D eigenvalue weighted by Gasteiger charge is -2.32. The van der Waals surface area contributed by atoms with Crippen LogP contribution in [0.5, 0.6) is 0 Å². The summed E-state index contributed by atoms with van der Waals surface area (Å²) in [6.45, 7) is 5.90. The molecular weight excluding hydrogens is 256 g/mol. The van der Waals surface area contributed by atoms with Gasteiger partial charge in [-0.2, -0.15) is 0 Å². The Morgan fingerprint density at radius 3 is 2.79 bits per heavy atom. The Morgan fingerprint density at radius 1 is 1.37 bits per heavy atom. The first-order chi connectivity index (χ1) is 9.19. The van der Waals surface area contributed by atoms with Crippen molar-refractivity contribution in [3.63, 3.8) is 0 Å². The predicted molar refractivity (Wildman–Crippen MR) is 82.5 cm³/mol. The quantitative estimate of drug-likeness (QED) is 0.888. The van der Waals surface area contributed by atoms with Gasteiger partial charge in [-0.1, -0.05) is 37.1 Å². The topological polar surface area (TPSA) is 29.3 Å². The fourth-order valence-corrected chi connectivity index (χ4v) is 3.01. The van der Waals surface area contributed by atoms with Crippen LogP contribution < -0.4 is 5.73 Å². The normalized spacial score (nSPS) is 22.4. The molecule has 19 heavy (non-hydrogen) atoms. The molecule has 3 heteroatoms. The van der Waals surface area contributed by atoms with Crippen molar-refractivity contribution in [1.29, 1.82) is 0 Å². The average Bonchev–Trinajstić information content (AvgIpc) is 2.46. The lowest BCUT2D eigenvalue weighted by Crippen LogP contribution is -2.36. The van der Waals surface area contributed by atoms with Crippen molar-refractivity contribution in [2.24, 2.45) is 11.7 Å². The average molecular weight is 281 g/mol. The van der Waals surface area contributed by atoms with Crippen LogP contribution in [0.2, 0.25) is 5.02 Å². The molecule has 0 saturated carbocycles. The maximum atomic E-state index is 6.26. The lowest BCUT2D eigenvalue weighted by molar-refractivity contribution is 0.167. The highest BCUT2D eigenvalue weighted by Crippen LogP contribution is 2.21. The fraction of sp³-hybridized carbons (Fsp3) is 0.625. The summed E-state index contributed by atoms with van der Waals surface area (Å²) < 4.78 is 0. The molecule has 0 aliphatic carbocycles. The number of nitrogens with zero attached hydrogens (tertiary/aromatic N) is 1. The van der Waals surface area contributed by atoms with Gasteiger partial charge in [0.25, 0.3) is 0 Å². The van der Waals surface area contributed by atoms with Gasteiger partial charge in [0.05, 0.1) is 0 Å². The SMILES string of the molecule is CCC1CCCN(CCC(N)c2ccc(Cl)cc2)C1. The number of halogens is 1. The fourth-order valence-electron chi connectivity index (χ4n) is 2.89. The molecule has 2 N–H and O–H groups in total. The van der Waals surface area contributed by atoms with E-state index in [1.807, 2.05) is 24.3 Å². The van der Waals surface area contributed by atoms with Crippen LogP contribution in [0.15, 0.2) is 24.3 Å². The molecule has 1 aromatic carbocycles. The molecule has 1 heterocycles. The van der Waals surface area contributed by atoms with Gasteiger partial charge < -0.3 is 10.6 Å². The molecule has 1 saturated heterocycles. The first kappa shape index (κ1) is 14.8. The van der Waals surface area contributed by atoms with Gasteiger partial charge in [0.1, 0.15) is 0 Å². The zero-order valence-electron chi connectivity index (χ0n) is 11.8. The van der Waals surface area contributed by atoms with E-state index in [2.05, 4.69) is 11.8 Å². The first-order valence-corrected chi connectivity index (χ1v) is 7.80. The molecule has 2 unspecified atom stereocenters. The van der Waals surface area contributed by atoms with Crippen LogP contribution >= 0.6 is 11.6 Å². The number of hydrogen-bond donors (Lipinski definition) is 1. The van der Waals surface area contributed by atoms with E-state index in [4.69, 9.17) is 17.3 Å². The van der Waals surface area contributed by atoms with Gasteiger partial charge in [0.15, 0.2) is 0 Å². The van der Waals surface area contributed by atoms with Crippen LogP contribution in [-0.2, 0) is 0 Å². The van der Waals surface area contributed by atoms with Crippen LogP contribution in [-0.4, -0.2) is 24.5 Å². The molecule has 0 bridgehead atoms. The second-order valence-electron chi connectivity index (χ2n) is 5.66. The Hall–Kier alpha value is -0.570. The number of piperidine rings is 1. The van der Waals surface area contributed by atoms with E-state index in [1.165, 1.54) is 37.9 Å². The maximum absolute atomic E-state index is 6.26. The molecule has 0 amide bonds. The number of nitrogens with two attached hydrogens (primary N) is 1. The number of likely N-dealkylation sites (tertiary alicyclic amines) is 1. The largest absolute Gasteiger partial charge is 0.324 e. The summed E-state index contributed by atoms with van der Waals surface area (Å²) in [5.41, 5.74) is 7.45. The molecule has 0 aromatic heterocycles. The first-order valence-electron chi connectivity index (χ1n) is 7.42. The molecular formula is C16H25ClN2. The van der Waals surface area contributed by atoms with Gasteiger partial charge in [0.2, 0.25) is 0 Å². The molecule has 2 nitrogen and oxygen atoms in total. The Labute approximate surface area is 121 Å². The molecule has 106 valence electrons. The van der Waals surface area contributed by atoms with E-state index in [-0.39, 0.29) is 6.04 Å². The summed E-state index contributed by atoms with van der Waals surface area (Å²) in [5, 5.41) is 0.776. The van der Waals surface area contributed by atoms with Gasteiger partial charge in [-0.15, -0.1) is 0 Å². The van der Waals surface area contributed by atoms with Gasteiger partial charge >= 0.3 is 0 Å². The van der Waals surface area contributed by atoms with Gasteiger partial charge in [-0.3, -0.25) is 0 Å². The highest BCUT2D eigenvalue weighted by molar-refractivity contribution is 6.30. The molecule has 1 aliphatic rings. The third-order valence-corrected chi connectivity index (χ3v) is 4.49. The third-order valence-electron chi connectivity index (χ3n) is 4.23. The molecule has 0 spiro atoms. The second-order valence-corrected chi connectivity index (χ2v) is 6.10. The van der Waals surface area contributed by atoms with Crippen LogP contribution in [0.25, 0.3) is 0 Å². The van der Waals surface area contributed by atoms with Crippen molar-refractivity contribution in [1.82, 2.24) is 4.90 Å². The standard InChI is InChI=1S/C16H25ClN2/c1-2-13-4-3-10-19(12-13)11-9-16(18)14-5-7-15(17)8-6-14/h5-8,13,16H,2-4,9-12,18H2,1H3. The lowest BCUT2D eigenvalue weighted by atomic mass is 9.95. The minimum absolute atomic E-state index is 0.124. The zero-order chi connectivity index (χ0) is 13.7. The molecule has 1 fully saturated rings. The summed E-state index contributed by atoms with van der Waals surface area (Å²) in [6, 6.07) is 8.05. The monoisotopic (exact) mass is 280 g/mol. The zero-order valence-corrected chi connectivity index (χ0v) is 12.6. The Bertz CT molecular complexity index is 377. The van der Waals surface area contributed by atoms with Gasteiger partial charge in [-0.05, 0) is 56.0 Å². The van der Waals surface area contributed by atoms with Crippen LogP contribution in [0.4, 0.5) is 0 Å². The smallest absolute Gasteiger partial charge is 0.0406 e. The summed E-state index contributed by atoms with van der Waals surface area (Å²) in [6.07, 6.45) is 5.07. The Morgan fingerprint density at radius 2 is 2.11 bits per heavy atom. The minimum atomic E-state index is 0.124. The van der Waals surface area contributed by atoms with E-state index in [1.54, 1.807) is 0 Å². The highest BCUT2D eigenvalue weighted by Gasteiger charge is 2.18. The van der Waals surface area contributed by atoms with Crippen molar-refractivity contribution in [3.8, 4) is 0 Å². The summed E-state index contributed by atoms with van der Waals surface area (Å²) in [5.74, 6) is 0.889. The predicted octanol–water partition coefficient (Wildman–Crippen LogP) is 3.85. The van der Waals surface area contributed by atoms with Gasteiger partial charge in [0, 0.05) is 17.6 Å². The van der Waals surface area contributed by atoms with Crippen LogP contribution in [0.1, 0.15) is 44.2 Å². The second kappa shape index (κ2) is 7.28. The summed E-state index contributed by atoms with van der Waals surface area (Å²) >= 11 is 5.90. The van der Waals surface area contributed by atoms with Crippen LogP contribution in [0, 0.1) is 5.92 Å². The van der Waals surface area contributed by atoms with Gasteiger partial charge in [-0.25, -0.2) is 0 Å². The number of rotatable bonds is 5. The number of benzene rings is 1. The Balaban J connectivity index is 1.79. The van der Waals surface area contributed by atoms with Crippen molar-refractivity contribution in [2.75, 3.05) is 19.6 Å². The molecule has 1 aliphatic heterocycles. The van der Waals surface area contributed by atoms with Crippen molar-refractivity contribution in [3.05, 3.63) is 34.9 Å².